The Hall–Kier alpha value is -0.138. The Labute approximate surface area is 126 Å². The molecule has 0 spiro atoms. The van der Waals surface area contributed by atoms with Gasteiger partial charge in [0.2, 0.25) is 0 Å². The molecule has 0 bridgehead atoms. The van der Waals surface area contributed by atoms with Gasteiger partial charge in [-0.15, -0.1) is 0 Å². The number of aliphatic carboxylic acids is 2. The van der Waals surface area contributed by atoms with E-state index in [9.17, 15) is 0 Å². The first-order valence-corrected chi connectivity index (χ1v) is 5.23. The molecule has 0 heterocycles. The third-order valence-corrected chi connectivity index (χ3v) is 0.707. The summed E-state index contributed by atoms with van der Waals surface area (Å²) in [7, 11) is 0. The van der Waals surface area contributed by atoms with Gasteiger partial charge in [0.1, 0.15) is 0 Å². The van der Waals surface area contributed by atoms with Crippen LogP contribution in [0.3, 0.4) is 0 Å². The van der Waals surface area contributed by atoms with Gasteiger partial charge in [0, 0.05) is 11.9 Å². The summed E-state index contributed by atoms with van der Waals surface area (Å²) < 4.78 is 0. The standard InChI is InChI=1S/2C4H9.2C2H4O2.Pb/c2*1-3-4-2;2*1-2(3)4;/h2*1,3-4H2,2H3;2*1H3,(H,3,4);/q;;;;+2/p-2. The first-order chi connectivity index (χ1) is 7.29. The largest absolute Gasteiger partial charge is 2.00 e. The van der Waals surface area contributed by atoms with E-state index in [-0.39, 0.29) is 27.3 Å². The van der Waals surface area contributed by atoms with E-state index in [1.807, 2.05) is 0 Å². The molecule has 100 valence electrons. The van der Waals surface area contributed by atoms with E-state index in [0.29, 0.717) is 0 Å². The van der Waals surface area contributed by atoms with Gasteiger partial charge >= 0.3 is 27.3 Å². The number of carboxylic acid groups (broad SMARTS) is 2. The molecular formula is C12H24O4Pb. The maximum atomic E-state index is 8.89. The van der Waals surface area contributed by atoms with Crippen molar-refractivity contribution in [3.63, 3.8) is 0 Å². The summed E-state index contributed by atoms with van der Waals surface area (Å²) in [5.41, 5.74) is 0. The van der Waals surface area contributed by atoms with Gasteiger partial charge in [-0.2, -0.15) is 0 Å². The van der Waals surface area contributed by atoms with Crippen molar-refractivity contribution in [3.8, 4) is 0 Å². The van der Waals surface area contributed by atoms with Crippen molar-refractivity contribution in [2.45, 2.75) is 53.4 Å². The summed E-state index contributed by atoms with van der Waals surface area (Å²) in [6.07, 6.45) is 4.56. The van der Waals surface area contributed by atoms with Gasteiger partial charge in [-0.05, 0) is 13.8 Å². The van der Waals surface area contributed by atoms with Crippen molar-refractivity contribution in [3.05, 3.63) is 13.8 Å². The summed E-state index contributed by atoms with van der Waals surface area (Å²) in [5.74, 6) is -2.17. The van der Waals surface area contributed by atoms with Crippen LogP contribution in [-0.4, -0.2) is 39.2 Å². The van der Waals surface area contributed by atoms with Crippen molar-refractivity contribution in [1.82, 2.24) is 0 Å². The fourth-order valence-electron chi connectivity index (χ4n) is 0. The molecule has 0 aliphatic rings. The van der Waals surface area contributed by atoms with Crippen LogP contribution in [0.1, 0.15) is 53.4 Å². The van der Waals surface area contributed by atoms with E-state index in [0.717, 1.165) is 26.7 Å². The van der Waals surface area contributed by atoms with Gasteiger partial charge < -0.3 is 19.8 Å². The number of hydrogen-bond donors (Lipinski definition) is 0. The molecule has 17 heavy (non-hydrogen) atoms. The topological polar surface area (TPSA) is 80.3 Å². The zero-order valence-corrected chi connectivity index (χ0v) is 15.3. The number of carboxylic acids is 2. The SMILES string of the molecule is CC(=O)[O-].CC(=O)[O-].[CH2]CCC.[CH2]CCC.[Pb+2]. The van der Waals surface area contributed by atoms with Crippen molar-refractivity contribution in [2.75, 3.05) is 0 Å². The molecule has 4 radical (unpaired) electrons. The molecule has 0 atom stereocenters. The minimum atomic E-state index is -1.08. The van der Waals surface area contributed by atoms with Crippen molar-refractivity contribution < 1.29 is 19.8 Å². The second kappa shape index (κ2) is 36.0. The summed E-state index contributed by atoms with van der Waals surface area (Å²) in [4.78, 5) is 17.8. The minimum Gasteiger partial charge on any atom is -0.550 e. The molecule has 0 aromatic carbocycles. The Morgan fingerprint density at radius 1 is 0.882 bits per heavy atom. The Morgan fingerprint density at radius 2 is 0.941 bits per heavy atom. The summed E-state index contributed by atoms with van der Waals surface area (Å²) in [6.45, 7) is 13.4. The first kappa shape index (κ1) is 30.2. The molecule has 0 aromatic heterocycles. The van der Waals surface area contributed by atoms with Gasteiger partial charge in [-0.25, -0.2) is 0 Å². The Morgan fingerprint density at radius 3 is 0.941 bits per heavy atom. The van der Waals surface area contributed by atoms with Gasteiger partial charge in [-0.3, -0.25) is 0 Å². The molecule has 0 aliphatic carbocycles. The summed E-state index contributed by atoms with van der Waals surface area (Å²) >= 11 is 0. The number of unbranched alkanes of at least 4 members (excludes halogenated alkanes) is 2. The molecular weight excluding hydrogens is 415 g/mol. The third kappa shape index (κ3) is 879. The van der Waals surface area contributed by atoms with Crippen LogP contribution < -0.4 is 10.2 Å². The van der Waals surface area contributed by atoms with Crippen LogP contribution in [0.2, 0.25) is 0 Å². The fraction of sp³-hybridized carbons (Fsp3) is 0.667. The Bertz CT molecular complexity index is 110. The summed E-state index contributed by atoms with van der Waals surface area (Å²) in [6, 6.07) is 0. The van der Waals surface area contributed by atoms with Crippen LogP contribution in [0.5, 0.6) is 0 Å². The van der Waals surface area contributed by atoms with E-state index < -0.39 is 11.9 Å². The monoisotopic (exact) mass is 440 g/mol. The second-order valence-corrected chi connectivity index (χ2v) is 2.69. The Kier molecular flexibility index (Phi) is 63.9. The van der Waals surface area contributed by atoms with Gasteiger partial charge in [-0.1, -0.05) is 53.4 Å². The molecule has 4 nitrogen and oxygen atoms in total. The molecule has 0 N–H and O–H groups in total. The quantitative estimate of drug-likeness (QED) is 0.583. The zero-order chi connectivity index (χ0) is 14.0. The van der Waals surface area contributed by atoms with E-state index in [1.165, 1.54) is 12.8 Å². The molecule has 0 saturated carbocycles. The molecule has 0 fully saturated rings. The maximum Gasteiger partial charge on any atom is 2.00 e. The van der Waals surface area contributed by atoms with Gasteiger partial charge in [0.25, 0.3) is 0 Å². The third-order valence-electron chi connectivity index (χ3n) is 0.707. The van der Waals surface area contributed by atoms with Crippen LogP contribution in [0.4, 0.5) is 0 Å². The Balaban J connectivity index is -0.0000000369. The average molecular weight is 440 g/mol. The molecule has 0 rings (SSSR count). The van der Waals surface area contributed by atoms with Gasteiger partial charge in [0.15, 0.2) is 0 Å². The van der Waals surface area contributed by atoms with Crippen LogP contribution in [0.25, 0.3) is 0 Å². The number of rotatable bonds is 2. The smallest absolute Gasteiger partial charge is 0.550 e. The first-order valence-electron chi connectivity index (χ1n) is 5.23. The maximum absolute atomic E-state index is 8.89. The molecule has 0 saturated heterocycles. The fourth-order valence-corrected chi connectivity index (χ4v) is 0. The van der Waals surface area contributed by atoms with E-state index in [4.69, 9.17) is 19.8 Å². The zero-order valence-electron chi connectivity index (χ0n) is 11.4. The number of carbonyl (C=O) groups is 2. The van der Waals surface area contributed by atoms with Crippen molar-refractivity contribution in [1.29, 1.82) is 0 Å². The van der Waals surface area contributed by atoms with E-state index in [2.05, 4.69) is 27.7 Å². The van der Waals surface area contributed by atoms with Gasteiger partial charge in [0.05, 0.1) is 0 Å². The minimum absolute atomic E-state index is 0. The van der Waals surface area contributed by atoms with Crippen LogP contribution in [0.15, 0.2) is 0 Å². The average Bonchev–Trinajstić information content (AvgIpc) is 2.16. The van der Waals surface area contributed by atoms with E-state index in [1.54, 1.807) is 0 Å². The predicted octanol–water partition coefficient (Wildman–Crippen LogP) is 0.373. The number of carbonyl (C=O) groups excluding carboxylic acids is 2. The normalized spacial score (nSPS) is 6.47. The van der Waals surface area contributed by atoms with Crippen molar-refractivity contribution in [2.24, 2.45) is 0 Å². The molecule has 0 aliphatic heterocycles. The molecule has 0 unspecified atom stereocenters. The second-order valence-electron chi connectivity index (χ2n) is 2.69. The number of hydrogen-bond acceptors (Lipinski definition) is 4. The van der Waals surface area contributed by atoms with Crippen molar-refractivity contribution >= 4 is 39.2 Å². The molecule has 0 amide bonds. The molecule has 0 aromatic rings. The summed E-state index contributed by atoms with van der Waals surface area (Å²) in [5, 5.41) is 17.8. The van der Waals surface area contributed by atoms with E-state index >= 15 is 0 Å². The predicted molar refractivity (Wildman–Crippen MR) is 67.6 cm³/mol. The van der Waals surface area contributed by atoms with Crippen LogP contribution in [-0.2, 0) is 9.59 Å². The molecule has 5 heteroatoms. The van der Waals surface area contributed by atoms with Crippen LogP contribution in [0, 0.1) is 13.8 Å². The van der Waals surface area contributed by atoms with Crippen LogP contribution >= 0.6 is 0 Å².